The largest absolute Gasteiger partial charge is 0.508 e. The van der Waals surface area contributed by atoms with Crippen LogP contribution in [0.2, 0.25) is 5.02 Å². The molecule has 0 saturated carbocycles. The Morgan fingerprint density at radius 2 is 1.93 bits per heavy atom. The lowest BCUT2D eigenvalue weighted by Gasteiger charge is -2.18. The topological polar surface area (TPSA) is 63.3 Å². The number of aliphatic imine (C=N–C) groups is 1. The summed E-state index contributed by atoms with van der Waals surface area (Å²) in [6, 6.07) is 5.26. The highest BCUT2D eigenvalue weighted by molar-refractivity contribution is 6.37. The zero-order valence-electron chi connectivity index (χ0n) is 13.3. The molecule has 27 heavy (non-hydrogen) atoms. The van der Waals surface area contributed by atoms with Crippen molar-refractivity contribution in [3.8, 4) is 11.4 Å². The monoisotopic (exact) mass is 396 g/mol. The van der Waals surface area contributed by atoms with Crippen molar-refractivity contribution in [1.29, 1.82) is 0 Å². The van der Waals surface area contributed by atoms with Gasteiger partial charge in [-0.3, -0.25) is 9.56 Å². The standard InChI is InChI=1S/C17H9ClF4N4O/c18-15-10(17(20,21)22)2-4-12-14(15)16(9-5-8(27)1-3-11(9)19)23-6-13-25-24-7-26(12)13/h1-5,7,27H,6H2. The van der Waals surface area contributed by atoms with Crippen LogP contribution in [0.25, 0.3) is 5.69 Å². The third kappa shape index (κ3) is 2.84. The molecule has 2 aromatic carbocycles. The van der Waals surface area contributed by atoms with E-state index in [-0.39, 0.29) is 34.8 Å². The van der Waals surface area contributed by atoms with Crippen LogP contribution in [0.3, 0.4) is 0 Å². The summed E-state index contributed by atoms with van der Waals surface area (Å²) in [5.74, 6) is -0.673. The van der Waals surface area contributed by atoms with Gasteiger partial charge in [0.15, 0.2) is 5.82 Å². The lowest BCUT2D eigenvalue weighted by molar-refractivity contribution is -0.137. The van der Waals surface area contributed by atoms with E-state index >= 15 is 0 Å². The van der Waals surface area contributed by atoms with Crippen molar-refractivity contribution in [2.24, 2.45) is 4.99 Å². The molecule has 1 aliphatic heterocycles. The van der Waals surface area contributed by atoms with Crippen LogP contribution in [-0.4, -0.2) is 25.6 Å². The average Bonchev–Trinajstić information content (AvgIpc) is 3.00. The normalized spacial score (nSPS) is 13.6. The lowest BCUT2D eigenvalue weighted by atomic mass is 9.97. The number of hydrogen-bond donors (Lipinski definition) is 1. The number of fused-ring (bicyclic) bond motifs is 3. The molecule has 2 heterocycles. The van der Waals surface area contributed by atoms with Crippen LogP contribution in [0.4, 0.5) is 17.6 Å². The molecule has 0 atom stereocenters. The minimum Gasteiger partial charge on any atom is -0.508 e. The van der Waals surface area contributed by atoms with E-state index in [4.69, 9.17) is 11.6 Å². The Labute approximate surface area is 154 Å². The van der Waals surface area contributed by atoms with Crippen molar-refractivity contribution in [2.75, 3.05) is 0 Å². The predicted octanol–water partition coefficient (Wildman–Crippen LogP) is 4.14. The fraction of sp³-hybridized carbons (Fsp3) is 0.118. The molecule has 1 aliphatic rings. The van der Waals surface area contributed by atoms with Gasteiger partial charge in [-0.2, -0.15) is 13.2 Å². The first-order valence-corrected chi connectivity index (χ1v) is 7.98. The van der Waals surface area contributed by atoms with Gasteiger partial charge in [-0.25, -0.2) is 4.39 Å². The molecule has 0 radical (unpaired) electrons. The SMILES string of the molecule is Oc1ccc(F)c(C2=NCc3nncn3-c3ccc(C(F)(F)F)c(Cl)c32)c1. The fourth-order valence-corrected chi connectivity index (χ4v) is 3.28. The number of hydrogen-bond acceptors (Lipinski definition) is 4. The quantitative estimate of drug-likeness (QED) is 0.629. The third-order valence-electron chi connectivity index (χ3n) is 4.12. The summed E-state index contributed by atoms with van der Waals surface area (Å²) in [6.07, 6.45) is -3.40. The van der Waals surface area contributed by atoms with Gasteiger partial charge in [0.2, 0.25) is 0 Å². The van der Waals surface area contributed by atoms with E-state index in [0.29, 0.717) is 5.82 Å². The van der Waals surface area contributed by atoms with Crippen molar-refractivity contribution in [2.45, 2.75) is 12.7 Å². The average molecular weight is 397 g/mol. The summed E-state index contributed by atoms with van der Waals surface area (Å²) in [5.41, 5.74) is -1.24. The van der Waals surface area contributed by atoms with Gasteiger partial charge < -0.3 is 5.11 Å². The van der Waals surface area contributed by atoms with E-state index in [1.807, 2.05) is 0 Å². The molecule has 0 fully saturated rings. The minimum absolute atomic E-state index is 0.0587. The van der Waals surface area contributed by atoms with Crippen LogP contribution < -0.4 is 0 Å². The molecule has 1 aromatic heterocycles. The van der Waals surface area contributed by atoms with E-state index in [1.165, 1.54) is 17.0 Å². The van der Waals surface area contributed by atoms with Gasteiger partial charge in [0, 0.05) is 11.1 Å². The highest BCUT2D eigenvalue weighted by Gasteiger charge is 2.36. The molecule has 3 aromatic rings. The zero-order chi connectivity index (χ0) is 19.3. The Morgan fingerprint density at radius 1 is 1.15 bits per heavy atom. The number of nitrogens with zero attached hydrogens (tertiary/aromatic N) is 4. The molecule has 5 nitrogen and oxygen atoms in total. The van der Waals surface area contributed by atoms with Crippen LogP contribution in [0.5, 0.6) is 5.75 Å². The molecule has 0 bridgehead atoms. The van der Waals surface area contributed by atoms with Crippen LogP contribution in [0.1, 0.15) is 22.5 Å². The third-order valence-corrected chi connectivity index (χ3v) is 4.52. The first kappa shape index (κ1) is 17.5. The van der Waals surface area contributed by atoms with Crippen LogP contribution >= 0.6 is 11.6 Å². The van der Waals surface area contributed by atoms with Crippen molar-refractivity contribution in [3.05, 3.63) is 70.0 Å². The van der Waals surface area contributed by atoms with E-state index in [1.54, 1.807) is 0 Å². The number of benzene rings is 2. The number of alkyl halides is 3. The van der Waals surface area contributed by atoms with Gasteiger partial charge in [0.1, 0.15) is 24.4 Å². The van der Waals surface area contributed by atoms with E-state index in [0.717, 1.165) is 24.3 Å². The van der Waals surface area contributed by atoms with Gasteiger partial charge in [-0.1, -0.05) is 11.6 Å². The highest BCUT2D eigenvalue weighted by Crippen LogP contribution is 2.40. The number of phenols is 1. The number of aromatic hydroxyl groups is 1. The van der Waals surface area contributed by atoms with Gasteiger partial charge >= 0.3 is 6.18 Å². The number of halogens is 5. The second kappa shape index (κ2) is 6.05. The molecule has 0 spiro atoms. The molecule has 4 rings (SSSR count). The Morgan fingerprint density at radius 3 is 2.67 bits per heavy atom. The van der Waals surface area contributed by atoms with Crippen LogP contribution in [0, 0.1) is 5.82 Å². The molecular weight excluding hydrogens is 388 g/mol. The van der Waals surface area contributed by atoms with Gasteiger partial charge in [-0.05, 0) is 30.3 Å². The second-order valence-corrected chi connectivity index (χ2v) is 6.14. The Hall–Kier alpha value is -2.94. The van der Waals surface area contributed by atoms with E-state index in [9.17, 15) is 22.7 Å². The van der Waals surface area contributed by atoms with E-state index < -0.39 is 22.6 Å². The summed E-state index contributed by atoms with van der Waals surface area (Å²) < 4.78 is 55.9. The van der Waals surface area contributed by atoms with Gasteiger partial charge in [0.05, 0.1) is 22.0 Å². The van der Waals surface area contributed by atoms with E-state index in [2.05, 4.69) is 15.2 Å². The molecule has 0 amide bonds. The summed E-state index contributed by atoms with van der Waals surface area (Å²) in [6.45, 7) is -0.0587. The van der Waals surface area contributed by atoms with Gasteiger partial charge in [-0.15, -0.1) is 10.2 Å². The molecule has 1 N–H and O–H groups in total. The summed E-state index contributed by atoms with van der Waals surface area (Å²) in [7, 11) is 0. The van der Waals surface area contributed by atoms with Crippen LogP contribution in [-0.2, 0) is 12.7 Å². The summed E-state index contributed by atoms with van der Waals surface area (Å²) in [4.78, 5) is 4.22. The van der Waals surface area contributed by atoms with Crippen LogP contribution in [0.15, 0.2) is 41.7 Å². The minimum atomic E-state index is -4.71. The van der Waals surface area contributed by atoms with Crippen molar-refractivity contribution >= 4 is 17.3 Å². The summed E-state index contributed by atoms with van der Waals surface area (Å²) in [5, 5.41) is 16.7. The molecule has 0 unspecified atom stereocenters. The molecular formula is C17H9ClF4N4O. The van der Waals surface area contributed by atoms with Crippen molar-refractivity contribution in [3.63, 3.8) is 0 Å². The second-order valence-electron chi connectivity index (χ2n) is 5.77. The Balaban J connectivity index is 2.07. The number of aromatic nitrogens is 3. The molecule has 10 heteroatoms. The molecule has 138 valence electrons. The fourth-order valence-electron chi connectivity index (χ4n) is 2.92. The maximum absolute atomic E-state index is 14.4. The first-order chi connectivity index (χ1) is 12.8. The van der Waals surface area contributed by atoms with Gasteiger partial charge in [0.25, 0.3) is 0 Å². The van der Waals surface area contributed by atoms with Crippen molar-refractivity contribution in [1.82, 2.24) is 14.8 Å². The Bertz CT molecular complexity index is 1090. The van der Waals surface area contributed by atoms with Crippen molar-refractivity contribution < 1.29 is 22.7 Å². The number of phenolic OH excluding ortho intramolecular Hbond substituents is 1. The molecule has 0 aliphatic carbocycles. The highest BCUT2D eigenvalue weighted by atomic mass is 35.5. The lowest BCUT2D eigenvalue weighted by Crippen LogP contribution is -2.14. The zero-order valence-corrected chi connectivity index (χ0v) is 14.1. The maximum atomic E-state index is 14.4. The number of rotatable bonds is 1. The molecule has 0 saturated heterocycles. The predicted molar refractivity (Wildman–Crippen MR) is 88.8 cm³/mol. The first-order valence-electron chi connectivity index (χ1n) is 7.60. The Kier molecular flexibility index (Phi) is 3.92. The summed E-state index contributed by atoms with van der Waals surface area (Å²) >= 11 is 6.11. The smallest absolute Gasteiger partial charge is 0.417 e. The maximum Gasteiger partial charge on any atom is 0.417 e.